The van der Waals surface area contributed by atoms with E-state index in [0.29, 0.717) is 0 Å². The number of carboxylic acids is 2. The zero-order chi connectivity index (χ0) is 24.8. The quantitative estimate of drug-likeness (QED) is 0.396. The molecule has 0 atom stereocenters. The summed E-state index contributed by atoms with van der Waals surface area (Å²) in [4.78, 5) is 49.8. The topological polar surface area (TPSA) is 134 Å². The number of rotatable bonds is 15. The number of carbonyl (C=O) groups excluding carboxylic acids is 2. The van der Waals surface area contributed by atoms with Gasteiger partial charge in [-0.1, -0.05) is 60.7 Å². The second kappa shape index (κ2) is 14.4. The monoisotopic (exact) mass is 472 g/mol. The van der Waals surface area contributed by atoms with Gasteiger partial charge in [-0.05, 0) is 11.1 Å². The normalized spacial score (nSPS) is 10.5. The molecule has 0 aromatic heterocycles. The Morgan fingerprint density at radius 2 is 0.941 bits per heavy atom. The molecule has 0 saturated heterocycles. The minimum absolute atomic E-state index is 0.154. The van der Waals surface area contributed by atoms with Crippen LogP contribution in [0.1, 0.15) is 11.1 Å². The molecule has 0 fully saturated rings. The Morgan fingerprint density at radius 1 is 0.588 bits per heavy atom. The van der Waals surface area contributed by atoms with Crippen LogP contribution in [-0.2, 0) is 41.7 Å². The maximum atomic E-state index is 12.7. The van der Waals surface area contributed by atoms with Crippen LogP contribution in [0.5, 0.6) is 0 Å². The van der Waals surface area contributed by atoms with E-state index in [9.17, 15) is 19.2 Å². The van der Waals surface area contributed by atoms with Crippen molar-refractivity contribution in [3.05, 3.63) is 71.8 Å². The van der Waals surface area contributed by atoms with Gasteiger partial charge in [-0.2, -0.15) is 0 Å². The van der Waals surface area contributed by atoms with Gasteiger partial charge in [0.05, 0.1) is 0 Å². The van der Waals surface area contributed by atoms with Gasteiger partial charge in [0.2, 0.25) is 11.8 Å². The van der Waals surface area contributed by atoms with Crippen molar-refractivity contribution in [2.24, 2.45) is 0 Å². The molecule has 2 amide bonds. The standard InChI is InChI=1S/C24H28N2O8/c27-21(15-33-17-23(29)30)25(13-19-7-3-1-4-8-19)11-12-26(14-20-9-5-2-6-10-20)22(28)16-34-18-24(31)32/h1-10H,11-18H2,(H,29,30)(H,31,32). The first-order chi connectivity index (χ1) is 16.3. The smallest absolute Gasteiger partial charge is 0.329 e. The summed E-state index contributed by atoms with van der Waals surface area (Å²) in [6.45, 7) is -1.20. The molecule has 0 spiro atoms. The Labute approximate surface area is 197 Å². The van der Waals surface area contributed by atoms with Gasteiger partial charge in [0.25, 0.3) is 0 Å². The molecule has 2 aromatic carbocycles. The molecule has 0 unspecified atom stereocenters. The van der Waals surface area contributed by atoms with Crippen molar-refractivity contribution in [2.45, 2.75) is 13.1 Å². The van der Waals surface area contributed by atoms with Crippen molar-refractivity contribution in [1.29, 1.82) is 0 Å². The Bertz CT molecular complexity index is 859. The summed E-state index contributed by atoms with van der Waals surface area (Å²) < 4.78 is 9.91. The van der Waals surface area contributed by atoms with E-state index in [1.165, 1.54) is 9.80 Å². The number of amides is 2. The molecule has 10 nitrogen and oxygen atoms in total. The second-order valence-corrected chi connectivity index (χ2v) is 7.37. The first kappa shape index (κ1) is 26.5. The Kier molecular flexibility index (Phi) is 11.2. The molecule has 2 aromatic rings. The third kappa shape index (κ3) is 10.2. The Balaban J connectivity index is 2.09. The minimum atomic E-state index is -1.18. The van der Waals surface area contributed by atoms with Crippen LogP contribution in [-0.4, -0.2) is 83.3 Å². The molecule has 182 valence electrons. The van der Waals surface area contributed by atoms with Gasteiger partial charge in [0.15, 0.2) is 0 Å². The number of hydrogen-bond donors (Lipinski definition) is 2. The predicted molar refractivity (Wildman–Crippen MR) is 121 cm³/mol. The lowest BCUT2D eigenvalue weighted by molar-refractivity contribution is -0.149. The van der Waals surface area contributed by atoms with E-state index in [-0.39, 0.29) is 26.2 Å². The third-order valence-corrected chi connectivity index (χ3v) is 4.68. The van der Waals surface area contributed by atoms with E-state index in [4.69, 9.17) is 19.7 Å². The highest BCUT2D eigenvalue weighted by Gasteiger charge is 2.20. The summed E-state index contributed by atoms with van der Waals surface area (Å²) in [5.74, 6) is -3.19. The molecule has 34 heavy (non-hydrogen) atoms. The molecule has 0 radical (unpaired) electrons. The zero-order valence-corrected chi connectivity index (χ0v) is 18.7. The van der Waals surface area contributed by atoms with Gasteiger partial charge in [0, 0.05) is 26.2 Å². The zero-order valence-electron chi connectivity index (χ0n) is 18.7. The number of carbonyl (C=O) groups is 4. The number of ether oxygens (including phenoxy) is 2. The fourth-order valence-corrected chi connectivity index (χ4v) is 3.07. The molecular weight excluding hydrogens is 444 g/mol. The van der Waals surface area contributed by atoms with Gasteiger partial charge in [0.1, 0.15) is 26.4 Å². The van der Waals surface area contributed by atoms with Crippen LogP contribution in [0.2, 0.25) is 0 Å². The van der Waals surface area contributed by atoms with Gasteiger partial charge >= 0.3 is 11.9 Å². The van der Waals surface area contributed by atoms with Crippen LogP contribution >= 0.6 is 0 Å². The lowest BCUT2D eigenvalue weighted by atomic mass is 10.2. The highest BCUT2D eigenvalue weighted by molar-refractivity contribution is 5.79. The molecule has 0 heterocycles. The largest absolute Gasteiger partial charge is 0.480 e. The van der Waals surface area contributed by atoms with Gasteiger partial charge in [-0.15, -0.1) is 0 Å². The van der Waals surface area contributed by atoms with Crippen LogP contribution < -0.4 is 0 Å². The number of carboxylic acid groups (broad SMARTS) is 2. The molecular formula is C24H28N2O8. The van der Waals surface area contributed by atoms with E-state index in [1.807, 2.05) is 60.7 Å². The average molecular weight is 472 g/mol. The van der Waals surface area contributed by atoms with Crippen molar-refractivity contribution in [3.8, 4) is 0 Å². The molecule has 0 aliphatic rings. The number of benzene rings is 2. The maximum absolute atomic E-state index is 12.7. The van der Waals surface area contributed by atoms with Crippen molar-refractivity contribution >= 4 is 23.8 Å². The summed E-state index contributed by atoms with van der Waals surface area (Å²) in [7, 11) is 0. The van der Waals surface area contributed by atoms with E-state index in [0.717, 1.165) is 11.1 Å². The molecule has 0 saturated carbocycles. The Morgan fingerprint density at radius 3 is 1.26 bits per heavy atom. The highest BCUT2D eigenvalue weighted by Crippen LogP contribution is 2.09. The van der Waals surface area contributed by atoms with Crippen LogP contribution in [0.25, 0.3) is 0 Å². The lowest BCUT2D eigenvalue weighted by Crippen LogP contribution is -2.43. The van der Waals surface area contributed by atoms with Crippen molar-refractivity contribution in [2.75, 3.05) is 39.5 Å². The molecule has 2 N–H and O–H groups in total. The van der Waals surface area contributed by atoms with Crippen LogP contribution in [0.15, 0.2) is 60.7 Å². The van der Waals surface area contributed by atoms with Crippen molar-refractivity contribution in [1.82, 2.24) is 9.80 Å². The summed E-state index contributed by atoms with van der Waals surface area (Å²) in [6, 6.07) is 18.5. The fourth-order valence-electron chi connectivity index (χ4n) is 3.07. The van der Waals surface area contributed by atoms with Gasteiger partial charge in [-0.3, -0.25) is 9.59 Å². The SMILES string of the molecule is O=C(O)COCC(=O)N(CCN(Cc1ccccc1)C(=O)COCC(=O)O)Cc1ccccc1. The van der Waals surface area contributed by atoms with Gasteiger partial charge in [-0.25, -0.2) is 9.59 Å². The van der Waals surface area contributed by atoms with Crippen LogP contribution in [0, 0.1) is 0 Å². The molecule has 0 aliphatic carbocycles. The average Bonchev–Trinajstić information content (AvgIpc) is 2.81. The lowest BCUT2D eigenvalue weighted by Gasteiger charge is -2.28. The summed E-state index contributed by atoms with van der Waals surface area (Å²) in [5, 5.41) is 17.5. The molecule has 10 heteroatoms. The number of aliphatic carboxylic acids is 2. The van der Waals surface area contributed by atoms with E-state index in [2.05, 4.69) is 0 Å². The Hall–Kier alpha value is -3.76. The molecule has 0 bridgehead atoms. The first-order valence-corrected chi connectivity index (χ1v) is 10.6. The maximum Gasteiger partial charge on any atom is 0.329 e. The minimum Gasteiger partial charge on any atom is -0.480 e. The highest BCUT2D eigenvalue weighted by atomic mass is 16.5. The second-order valence-electron chi connectivity index (χ2n) is 7.37. The summed E-state index contributed by atoms with van der Waals surface area (Å²) in [5.41, 5.74) is 1.72. The number of hydrogen-bond acceptors (Lipinski definition) is 6. The summed E-state index contributed by atoms with van der Waals surface area (Å²) >= 11 is 0. The van der Waals surface area contributed by atoms with Crippen molar-refractivity contribution in [3.63, 3.8) is 0 Å². The van der Waals surface area contributed by atoms with Crippen molar-refractivity contribution < 1.29 is 38.9 Å². The fraction of sp³-hybridized carbons (Fsp3) is 0.333. The predicted octanol–water partition coefficient (Wildman–Crippen LogP) is 1.25. The van der Waals surface area contributed by atoms with E-state index >= 15 is 0 Å². The number of nitrogens with zero attached hydrogens (tertiary/aromatic N) is 2. The summed E-state index contributed by atoms with van der Waals surface area (Å²) in [6.07, 6.45) is 0. The van der Waals surface area contributed by atoms with Gasteiger partial charge < -0.3 is 29.5 Å². The molecule has 0 aliphatic heterocycles. The first-order valence-electron chi connectivity index (χ1n) is 10.6. The van der Waals surface area contributed by atoms with Crippen LogP contribution in [0.4, 0.5) is 0 Å². The molecule has 2 rings (SSSR count). The van der Waals surface area contributed by atoms with Crippen LogP contribution in [0.3, 0.4) is 0 Å². The van der Waals surface area contributed by atoms with E-state index in [1.54, 1.807) is 0 Å². The van der Waals surface area contributed by atoms with E-state index < -0.39 is 50.2 Å². The third-order valence-electron chi connectivity index (χ3n) is 4.68.